The van der Waals surface area contributed by atoms with E-state index in [-0.39, 0.29) is 11.5 Å². The van der Waals surface area contributed by atoms with Crippen molar-refractivity contribution >= 4 is 5.69 Å². The number of hydrogen-bond donors (Lipinski definition) is 1. The van der Waals surface area contributed by atoms with Crippen molar-refractivity contribution in [2.24, 2.45) is 27.6 Å². The van der Waals surface area contributed by atoms with Crippen LogP contribution in [0.25, 0.3) is 0 Å². The predicted octanol–water partition coefficient (Wildman–Crippen LogP) is 4.47. The Morgan fingerprint density at radius 3 is 2.73 bits per heavy atom. The Morgan fingerprint density at radius 1 is 1.19 bits per heavy atom. The van der Waals surface area contributed by atoms with E-state index in [1.54, 1.807) is 12.1 Å². The van der Waals surface area contributed by atoms with E-state index in [4.69, 9.17) is 4.74 Å². The third-order valence-electron chi connectivity index (χ3n) is 7.34. The average molecular weight is 357 g/mol. The summed E-state index contributed by atoms with van der Waals surface area (Å²) in [6.45, 7) is 2.33. The van der Waals surface area contributed by atoms with Gasteiger partial charge in [-0.3, -0.25) is 5.01 Å². The summed E-state index contributed by atoms with van der Waals surface area (Å²) in [5.41, 5.74) is 3.78. The first-order chi connectivity index (χ1) is 12.5. The van der Waals surface area contributed by atoms with Crippen LogP contribution in [-0.2, 0) is 6.42 Å². The lowest BCUT2D eigenvalue weighted by Crippen LogP contribution is -2.43. The number of methoxy groups -OCH3 is 1. The Balaban J connectivity index is 1.72. The summed E-state index contributed by atoms with van der Waals surface area (Å²) in [7, 11) is 5.47. The number of hydrogen-bond acceptors (Lipinski definition) is 4. The van der Waals surface area contributed by atoms with Crippen molar-refractivity contribution in [2.75, 3.05) is 21.2 Å². The molecule has 5 atom stereocenters. The Bertz CT molecular complexity index is 717. The number of nitrogens with zero attached hydrogens (tertiary/aromatic N) is 3. The molecule has 3 aliphatic rings. The topological polar surface area (TPSA) is 57.4 Å². The third kappa shape index (κ3) is 2.63. The van der Waals surface area contributed by atoms with Gasteiger partial charge in [-0.1, -0.05) is 18.2 Å². The fraction of sp³-hybridized carbons (Fsp3) is 0.714. The predicted molar refractivity (Wildman–Crippen MR) is 102 cm³/mol. The molecule has 1 aromatic rings. The first-order valence-electron chi connectivity index (χ1n) is 9.92. The Labute approximate surface area is 156 Å². The van der Waals surface area contributed by atoms with E-state index in [0.717, 1.165) is 37.1 Å². The van der Waals surface area contributed by atoms with E-state index in [9.17, 15) is 5.11 Å². The van der Waals surface area contributed by atoms with E-state index in [0.29, 0.717) is 17.8 Å². The number of aliphatic hydroxyl groups excluding tert-OH is 1. The summed E-state index contributed by atoms with van der Waals surface area (Å²) in [5, 5.41) is 21.0. The van der Waals surface area contributed by atoms with Gasteiger partial charge in [-0.25, -0.2) is 0 Å². The van der Waals surface area contributed by atoms with Crippen molar-refractivity contribution in [3.8, 4) is 5.75 Å². The zero-order valence-electron chi connectivity index (χ0n) is 16.4. The second-order valence-corrected chi connectivity index (χ2v) is 8.77. The van der Waals surface area contributed by atoms with Crippen LogP contribution in [0.15, 0.2) is 22.5 Å². The summed E-state index contributed by atoms with van der Waals surface area (Å²) in [5.74, 6) is 2.73. The minimum absolute atomic E-state index is 0.116. The van der Waals surface area contributed by atoms with Crippen LogP contribution in [0.5, 0.6) is 5.75 Å². The zero-order valence-corrected chi connectivity index (χ0v) is 16.4. The third-order valence-corrected chi connectivity index (χ3v) is 7.34. The molecule has 1 aromatic carbocycles. The lowest BCUT2D eigenvalue weighted by molar-refractivity contribution is -0.0226. The fourth-order valence-corrected chi connectivity index (χ4v) is 6.01. The zero-order chi connectivity index (χ0) is 18.5. The van der Waals surface area contributed by atoms with E-state index >= 15 is 0 Å². The molecule has 0 saturated heterocycles. The lowest BCUT2D eigenvalue weighted by Gasteiger charge is -2.50. The van der Waals surface area contributed by atoms with Crippen LogP contribution in [0.3, 0.4) is 0 Å². The highest BCUT2D eigenvalue weighted by Crippen LogP contribution is 2.61. The van der Waals surface area contributed by atoms with E-state index in [1.165, 1.54) is 24.0 Å². The van der Waals surface area contributed by atoms with Gasteiger partial charge >= 0.3 is 0 Å². The molecule has 0 bridgehead atoms. The molecule has 0 aliphatic heterocycles. The Kier molecular flexibility index (Phi) is 4.46. The molecule has 0 spiro atoms. The van der Waals surface area contributed by atoms with Crippen molar-refractivity contribution in [2.45, 2.75) is 57.5 Å². The van der Waals surface area contributed by atoms with Crippen LogP contribution in [-0.4, -0.2) is 37.4 Å². The number of benzene rings is 1. The normalized spacial score (nSPS) is 35.7. The quantitative estimate of drug-likeness (QED) is 0.641. The standard InChI is InChI=1S/C21H31N3O2/c1-21-12-11-14-13-7-9-18(26-4)20(22-23-24(2)3)16(13)6-5-15(14)17(21)8-10-19(21)25/h7,9,14-15,17,19,25H,5-6,8,10-12H2,1-4H3. The molecule has 5 heteroatoms. The van der Waals surface area contributed by atoms with Gasteiger partial charge in [0.1, 0.15) is 11.4 Å². The molecule has 2 fully saturated rings. The second kappa shape index (κ2) is 6.52. The molecule has 0 amide bonds. The molecule has 26 heavy (non-hydrogen) atoms. The molecule has 142 valence electrons. The highest BCUT2D eigenvalue weighted by molar-refractivity contribution is 5.62. The monoisotopic (exact) mass is 357 g/mol. The van der Waals surface area contributed by atoms with Gasteiger partial charge in [0.15, 0.2) is 0 Å². The van der Waals surface area contributed by atoms with Crippen LogP contribution in [0.1, 0.15) is 56.1 Å². The molecule has 5 nitrogen and oxygen atoms in total. The average Bonchev–Trinajstić information content (AvgIpc) is 2.94. The molecule has 0 aromatic heterocycles. The summed E-state index contributed by atoms with van der Waals surface area (Å²) < 4.78 is 5.57. The highest BCUT2D eigenvalue weighted by atomic mass is 16.5. The maximum Gasteiger partial charge on any atom is 0.146 e. The van der Waals surface area contributed by atoms with Gasteiger partial charge in [-0.15, -0.1) is 5.11 Å². The van der Waals surface area contributed by atoms with Gasteiger partial charge in [0.2, 0.25) is 0 Å². The molecular formula is C21H31N3O2. The summed E-state index contributed by atoms with van der Waals surface area (Å²) in [4.78, 5) is 0. The molecule has 3 aliphatic carbocycles. The summed E-state index contributed by atoms with van der Waals surface area (Å²) >= 11 is 0. The van der Waals surface area contributed by atoms with E-state index in [2.05, 4.69) is 29.4 Å². The van der Waals surface area contributed by atoms with Gasteiger partial charge in [-0.2, -0.15) is 0 Å². The highest BCUT2D eigenvalue weighted by Gasteiger charge is 2.54. The maximum absolute atomic E-state index is 10.6. The fourth-order valence-electron chi connectivity index (χ4n) is 6.01. The van der Waals surface area contributed by atoms with Crippen molar-refractivity contribution in [3.05, 3.63) is 23.3 Å². The molecule has 5 unspecified atom stereocenters. The molecular weight excluding hydrogens is 326 g/mol. The van der Waals surface area contributed by atoms with Crippen LogP contribution in [0.4, 0.5) is 5.69 Å². The number of aliphatic hydroxyl groups is 1. The lowest BCUT2D eigenvalue weighted by atomic mass is 9.55. The minimum atomic E-state index is -0.116. The first kappa shape index (κ1) is 17.8. The maximum atomic E-state index is 10.6. The second-order valence-electron chi connectivity index (χ2n) is 8.77. The van der Waals surface area contributed by atoms with Crippen LogP contribution in [0, 0.1) is 17.3 Å². The van der Waals surface area contributed by atoms with Gasteiger partial charge in [-0.05, 0) is 78.9 Å². The number of fused-ring (bicyclic) bond motifs is 5. The largest absolute Gasteiger partial charge is 0.494 e. The molecule has 2 saturated carbocycles. The van der Waals surface area contributed by atoms with E-state index in [1.807, 2.05) is 14.1 Å². The molecule has 0 radical (unpaired) electrons. The van der Waals surface area contributed by atoms with Crippen LogP contribution < -0.4 is 4.74 Å². The van der Waals surface area contributed by atoms with Crippen LogP contribution in [0.2, 0.25) is 0 Å². The molecule has 0 heterocycles. The summed E-state index contributed by atoms with van der Waals surface area (Å²) in [6.07, 6.45) is 6.54. The minimum Gasteiger partial charge on any atom is -0.494 e. The molecule has 4 rings (SSSR count). The first-order valence-corrected chi connectivity index (χ1v) is 9.92. The van der Waals surface area contributed by atoms with E-state index < -0.39 is 0 Å². The SMILES string of the molecule is COc1ccc2c(c1N=NN(C)C)CCC1C2CCC2(C)C(O)CCC12. The number of ether oxygens (including phenoxy) is 1. The Hall–Kier alpha value is -1.62. The molecule has 1 N–H and O–H groups in total. The number of rotatable bonds is 3. The van der Waals surface area contributed by atoms with Crippen LogP contribution >= 0.6 is 0 Å². The van der Waals surface area contributed by atoms with Gasteiger partial charge in [0, 0.05) is 14.1 Å². The smallest absolute Gasteiger partial charge is 0.146 e. The van der Waals surface area contributed by atoms with Crippen molar-refractivity contribution < 1.29 is 9.84 Å². The van der Waals surface area contributed by atoms with Crippen molar-refractivity contribution in [1.29, 1.82) is 0 Å². The van der Waals surface area contributed by atoms with Crippen molar-refractivity contribution in [3.63, 3.8) is 0 Å². The van der Waals surface area contributed by atoms with Crippen molar-refractivity contribution in [1.82, 2.24) is 5.01 Å². The Morgan fingerprint density at radius 2 is 2.00 bits per heavy atom. The summed E-state index contributed by atoms with van der Waals surface area (Å²) in [6, 6.07) is 4.32. The van der Waals surface area contributed by atoms with Gasteiger partial charge in [0.25, 0.3) is 0 Å². The van der Waals surface area contributed by atoms with Gasteiger partial charge < -0.3 is 9.84 Å². The van der Waals surface area contributed by atoms with Gasteiger partial charge in [0.05, 0.1) is 13.2 Å².